The number of anilines is 6. The van der Waals surface area contributed by atoms with Crippen LogP contribution >= 0.6 is 31.9 Å². The summed E-state index contributed by atoms with van der Waals surface area (Å²) >= 11 is 6.56. The molecule has 0 spiro atoms. The lowest BCUT2D eigenvalue weighted by molar-refractivity contribution is 0.0679. The van der Waals surface area contributed by atoms with E-state index in [1.807, 2.05) is 29.2 Å². The number of hydrogen-bond acceptors (Lipinski definition) is 15. The number of rotatable bonds is 16. The van der Waals surface area contributed by atoms with Crippen LogP contribution in [0.1, 0.15) is 98.1 Å². The number of amidine groups is 3. The summed E-state index contributed by atoms with van der Waals surface area (Å²) < 4.78 is 52.8. The van der Waals surface area contributed by atoms with Crippen LogP contribution in [0.3, 0.4) is 0 Å². The van der Waals surface area contributed by atoms with Crippen molar-refractivity contribution in [2.24, 2.45) is 10.7 Å². The van der Waals surface area contributed by atoms with Gasteiger partial charge in [0.25, 0.3) is 35.4 Å². The minimum absolute atomic E-state index is 0.157. The molecule has 2 saturated heterocycles. The SMILES string of the molecule is CN=C(N)c1ccc(C(=O)Nc2ccccc2C(=O)Nc2ccc(Br)cn2)c(F)c1.N=C(c1ccc(C(=O)Nc2ccccc2C(=O)Nc2ccc(-n3nnc4ccccc43)cn2)c(F)c1)N1CCOCC1.N=C(c1ccc(C(=O)Nc2ccccc2C(=O)Nc2ccc(Br)cn2)c(F)c1)N1CCCCC1. The lowest BCUT2D eigenvalue weighted by atomic mass is 10.1. The maximum absolute atomic E-state index is 15.0. The highest BCUT2D eigenvalue weighted by Crippen LogP contribution is 2.26. The van der Waals surface area contributed by atoms with Gasteiger partial charge in [-0.25, -0.2) is 32.8 Å². The number of amides is 6. The fraction of sp³-hybridized carbons (Fsp3) is 0.132. The molecule has 4 aromatic heterocycles. The van der Waals surface area contributed by atoms with E-state index < -0.39 is 52.9 Å². The third-order valence-corrected chi connectivity index (χ3v) is 17.4. The van der Waals surface area contributed by atoms with Gasteiger partial charge >= 0.3 is 0 Å². The van der Waals surface area contributed by atoms with Gasteiger partial charge in [-0.2, -0.15) is 0 Å². The second kappa shape index (κ2) is 35.0. The van der Waals surface area contributed by atoms with Crippen molar-refractivity contribution in [3.05, 3.63) is 283 Å². The van der Waals surface area contributed by atoms with Gasteiger partial charge in [-0.15, -0.1) is 5.10 Å². The van der Waals surface area contributed by atoms with E-state index in [2.05, 4.69) is 94.0 Å². The molecule has 0 unspecified atom stereocenters. The van der Waals surface area contributed by atoms with E-state index in [4.69, 9.17) is 21.3 Å². The Morgan fingerprint density at radius 1 is 0.453 bits per heavy atom. The Bertz CT molecular complexity index is 5160. The van der Waals surface area contributed by atoms with E-state index in [1.165, 1.54) is 49.5 Å². The third kappa shape index (κ3) is 18.8. The van der Waals surface area contributed by atoms with Crippen molar-refractivity contribution in [2.75, 3.05) is 78.3 Å². The zero-order chi connectivity index (χ0) is 74.8. The first-order chi connectivity index (χ1) is 51.3. The number of aliphatic imine (C=N–C) groups is 1. The molecular formula is C76H65Br2F3N18O7. The lowest BCUT2D eigenvalue weighted by Gasteiger charge is -2.29. The molecule has 2 fully saturated rings. The summed E-state index contributed by atoms with van der Waals surface area (Å²) in [7, 11) is 1.49. The Kier molecular flexibility index (Phi) is 24.6. The van der Waals surface area contributed by atoms with Gasteiger partial charge in [0.05, 0.1) is 81.1 Å². The molecule has 536 valence electrons. The van der Waals surface area contributed by atoms with E-state index >= 15 is 0 Å². The molecule has 2 aliphatic heterocycles. The number of nitrogens with one attached hydrogen (secondary N) is 8. The molecule has 6 heterocycles. The van der Waals surface area contributed by atoms with Gasteiger partial charge < -0.3 is 52.2 Å². The molecule has 0 saturated carbocycles. The first-order valence-electron chi connectivity index (χ1n) is 32.8. The number of ether oxygens (including phenoxy) is 1. The molecule has 11 aromatic rings. The lowest BCUT2D eigenvalue weighted by Crippen LogP contribution is -2.40. The summed E-state index contributed by atoms with van der Waals surface area (Å²) in [5.41, 5.74) is 9.77. The van der Waals surface area contributed by atoms with Gasteiger partial charge in [0, 0.05) is 71.3 Å². The second-order valence-electron chi connectivity index (χ2n) is 23.5. The van der Waals surface area contributed by atoms with Crippen LogP contribution < -0.4 is 37.6 Å². The predicted octanol–water partition coefficient (Wildman–Crippen LogP) is 13.2. The maximum atomic E-state index is 15.0. The molecule has 0 radical (unpaired) electrons. The minimum Gasteiger partial charge on any atom is -0.384 e. The molecule has 13 rings (SSSR count). The van der Waals surface area contributed by atoms with E-state index in [-0.39, 0.29) is 67.9 Å². The summed E-state index contributed by atoms with van der Waals surface area (Å²) in [4.78, 5) is 97.0. The van der Waals surface area contributed by atoms with Crippen LogP contribution in [0.5, 0.6) is 0 Å². The van der Waals surface area contributed by atoms with Crippen LogP contribution in [0.25, 0.3) is 16.7 Å². The number of morpholine rings is 1. The predicted molar refractivity (Wildman–Crippen MR) is 405 cm³/mol. The van der Waals surface area contributed by atoms with Gasteiger partial charge in [-0.1, -0.05) is 71.9 Å². The smallest absolute Gasteiger partial charge is 0.258 e. The summed E-state index contributed by atoms with van der Waals surface area (Å²) in [5, 5.41) is 40.9. The first-order valence-corrected chi connectivity index (χ1v) is 34.4. The third-order valence-electron chi connectivity index (χ3n) is 16.5. The number of fused-ring (bicyclic) bond motifs is 1. The van der Waals surface area contributed by atoms with Gasteiger partial charge in [0.2, 0.25) is 0 Å². The van der Waals surface area contributed by atoms with E-state index in [1.54, 1.807) is 143 Å². The summed E-state index contributed by atoms with van der Waals surface area (Å²) in [6.45, 7) is 3.63. The number of para-hydroxylation sites is 4. The van der Waals surface area contributed by atoms with Gasteiger partial charge in [-0.05, 0) is 172 Å². The molecular weight excluding hydrogens is 1490 g/mol. The van der Waals surface area contributed by atoms with Crippen LogP contribution in [0.2, 0.25) is 0 Å². The number of nitrogens with zero attached hydrogens (tertiary/aromatic N) is 9. The number of likely N-dealkylation sites (tertiary alicyclic amines) is 1. The highest BCUT2D eigenvalue weighted by molar-refractivity contribution is 9.10. The van der Waals surface area contributed by atoms with Crippen LogP contribution in [0.15, 0.2) is 221 Å². The number of carbonyl (C=O) groups excluding carboxylic acids is 6. The van der Waals surface area contributed by atoms with Gasteiger partial charge in [-0.3, -0.25) is 44.6 Å². The van der Waals surface area contributed by atoms with Crippen molar-refractivity contribution in [3.8, 4) is 5.69 Å². The van der Waals surface area contributed by atoms with Crippen LogP contribution in [-0.2, 0) is 4.74 Å². The minimum atomic E-state index is -0.769. The van der Waals surface area contributed by atoms with Gasteiger partial charge in [0.1, 0.15) is 57.9 Å². The maximum Gasteiger partial charge on any atom is 0.258 e. The zero-order valence-corrected chi connectivity index (χ0v) is 59.5. The molecule has 6 amide bonds. The molecule has 0 bridgehead atoms. The Morgan fingerprint density at radius 2 is 0.840 bits per heavy atom. The van der Waals surface area contributed by atoms with E-state index in [9.17, 15) is 41.9 Å². The average Bonchev–Trinajstić information content (AvgIpc) is 1.43. The van der Waals surface area contributed by atoms with Crippen molar-refractivity contribution in [2.45, 2.75) is 19.3 Å². The fourth-order valence-electron chi connectivity index (χ4n) is 11.0. The molecule has 7 aromatic carbocycles. The average molecular weight is 1560 g/mol. The second-order valence-corrected chi connectivity index (χ2v) is 25.3. The molecule has 0 aliphatic carbocycles. The Balaban J connectivity index is 0.000000161. The largest absolute Gasteiger partial charge is 0.384 e. The van der Waals surface area contributed by atoms with Crippen molar-refractivity contribution in [1.29, 1.82) is 10.8 Å². The van der Waals surface area contributed by atoms with E-state index in [0.717, 1.165) is 58.4 Å². The van der Waals surface area contributed by atoms with Crippen molar-refractivity contribution in [3.63, 3.8) is 0 Å². The van der Waals surface area contributed by atoms with Crippen molar-refractivity contribution >= 4 is 130 Å². The molecule has 10 N–H and O–H groups in total. The number of hydrogen-bond donors (Lipinski definition) is 9. The summed E-state index contributed by atoms with van der Waals surface area (Å²) in [6.07, 6.45) is 7.82. The van der Waals surface area contributed by atoms with Crippen LogP contribution in [0.4, 0.5) is 47.7 Å². The van der Waals surface area contributed by atoms with Crippen molar-refractivity contribution < 1.29 is 46.7 Å². The molecule has 106 heavy (non-hydrogen) atoms. The number of pyridine rings is 3. The Morgan fingerprint density at radius 3 is 1.25 bits per heavy atom. The zero-order valence-electron chi connectivity index (χ0n) is 56.3. The number of benzene rings is 7. The molecule has 0 atom stereocenters. The van der Waals surface area contributed by atoms with E-state index in [0.29, 0.717) is 66.1 Å². The highest BCUT2D eigenvalue weighted by atomic mass is 79.9. The quantitative estimate of drug-likeness (QED) is 0.0321. The monoisotopic (exact) mass is 1560 g/mol. The topological polar surface area (TPSA) is 346 Å². The number of piperidine rings is 1. The van der Waals surface area contributed by atoms with Crippen LogP contribution in [-0.4, -0.2) is 139 Å². The molecule has 25 nitrogen and oxygen atoms in total. The normalized spacial score (nSPS) is 12.6. The van der Waals surface area contributed by atoms with Crippen molar-refractivity contribution in [1.82, 2.24) is 39.7 Å². The number of nitrogens with two attached hydrogens (primary N) is 1. The molecule has 2 aliphatic rings. The number of carbonyl (C=O) groups is 6. The Labute approximate surface area is 621 Å². The fourth-order valence-corrected chi connectivity index (χ4v) is 11.5. The first kappa shape index (κ1) is 74.5. The van der Waals surface area contributed by atoms with Gasteiger partial charge in [0.15, 0.2) is 0 Å². The number of halogens is 5. The summed E-state index contributed by atoms with van der Waals surface area (Å²) in [6, 6.07) is 49.1. The highest BCUT2D eigenvalue weighted by Gasteiger charge is 2.25. The summed E-state index contributed by atoms with van der Waals surface area (Å²) in [5.74, 6) is -4.21. The number of aromatic nitrogens is 6. The molecule has 30 heteroatoms. The Hall–Kier alpha value is -12.7. The van der Waals surface area contributed by atoms with Crippen LogP contribution in [0, 0.1) is 28.3 Å². The standard InChI is InChI=1S/C30H25FN8O3.C25H23BrFN5O2.C21H17BrFN5O2/c31-23-17-19(28(32)38-13-15-42-16-14-38)9-11-21(23)29(40)34-24-6-2-1-5-22(24)30(41)35-27-12-10-20(18-33-27)39-26-8-4-3-7-25(26)36-37-39;26-17-9-11-22(29-15-17)31-25(34)19-6-2-3-7-21(19)30-24(33)18-10-8-16(14-20(18)27)23(28)32-12-4-1-5-13-32;1-25-19(24)12-6-8-14(16(23)10-12)20(29)27-17-5-3-2-4-15(17)21(30)28-18-9-7-13(22)11-26-18/h1-12,17-18,32H,13-16H2,(H,34,40)(H,33,35,41);2-3,6-11,14-15,28H,1,4-5,12-13H2,(H,30,33)(H,29,31,34);2-11H,1H3,(H2,24,25)(H,27,29)(H,26,28,30).